The van der Waals surface area contributed by atoms with Gasteiger partial charge in [0.05, 0.1) is 18.5 Å². The van der Waals surface area contributed by atoms with E-state index >= 15 is 0 Å². The molecule has 4 aliphatic rings. The number of fused-ring (bicyclic) bond motifs is 2. The predicted octanol–water partition coefficient (Wildman–Crippen LogP) is 5.45. The molecule has 1 unspecified atom stereocenters. The van der Waals surface area contributed by atoms with Crippen LogP contribution in [0.3, 0.4) is 0 Å². The molecular formula is C45H60N6O11. The molecule has 1 N–H and O–H groups in total. The van der Waals surface area contributed by atoms with E-state index < -0.39 is 36.4 Å². The van der Waals surface area contributed by atoms with Gasteiger partial charge in [-0.1, -0.05) is 24.3 Å². The normalized spacial score (nSPS) is 19.3. The van der Waals surface area contributed by atoms with Crippen LogP contribution in [0.4, 0.5) is 20.1 Å². The Balaban J connectivity index is 0.926. The molecule has 1 aromatic heterocycles. The van der Waals surface area contributed by atoms with E-state index in [9.17, 15) is 28.8 Å². The average molecular weight is 861 g/mol. The molecule has 5 heterocycles. The minimum Gasteiger partial charge on any atom is -0.436 e. The topological polar surface area (TPSA) is 182 Å². The van der Waals surface area contributed by atoms with Gasteiger partial charge in [0.25, 0.3) is 5.91 Å². The molecule has 2 aromatic carbocycles. The van der Waals surface area contributed by atoms with Crippen molar-refractivity contribution in [1.29, 1.82) is 0 Å². The summed E-state index contributed by atoms with van der Waals surface area (Å²) in [7, 11) is 1.65. The predicted molar refractivity (Wildman–Crippen MR) is 227 cm³/mol. The number of likely N-dealkylation sites (tertiary alicyclic amines) is 3. The molecule has 7 rings (SSSR count). The molecule has 3 aromatic rings. The Bertz CT molecular complexity index is 2150. The lowest BCUT2D eigenvalue weighted by Crippen LogP contribution is -2.52. The molecule has 17 heteroatoms. The van der Waals surface area contributed by atoms with E-state index in [-0.39, 0.29) is 37.4 Å². The number of piperidine rings is 3. The van der Waals surface area contributed by atoms with Gasteiger partial charge in [0.1, 0.15) is 0 Å². The van der Waals surface area contributed by atoms with Gasteiger partial charge < -0.3 is 48.3 Å². The van der Waals surface area contributed by atoms with Crippen LogP contribution in [0.25, 0.3) is 11.1 Å². The van der Waals surface area contributed by atoms with Crippen LogP contribution >= 0.6 is 0 Å². The SMILES string of the molecule is CCOC(=O)OC(C)OC(=O)CCN1CCC(C2CCN(C(=O)[C@@H](Cc3cc(C)c4c(c3)oc(=O)n4C)OC(=O)N3CCC(N4CCc5ccccc5NC4=O)CC3)CC2)CC1. The Labute approximate surface area is 361 Å². The molecule has 0 bridgehead atoms. The number of ether oxygens (including phenoxy) is 4. The number of aryl methyl sites for hydroxylation is 2. The number of rotatable bonds is 12. The maximum Gasteiger partial charge on any atom is 0.511 e. The van der Waals surface area contributed by atoms with Crippen LogP contribution in [0.15, 0.2) is 45.6 Å². The molecule has 0 aliphatic carbocycles. The van der Waals surface area contributed by atoms with Crippen molar-refractivity contribution in [2.45, 2.75) is 97.0 Å². The Hall–Kier alpha value is -5.58. The summed E-state index contributed by atoms with van der Waals surface area (Å²) in [5.41, 5.74) is 4.54. The number of carbonyl (C=O) groups is 5. The van der Waals surface area contributed by atoms with Gasteiger partial charge in [-0.05, 0) is 113 Å². The Kier molecular flexibility index (Phi) is 14.4. The highest BCUT2D eigenvalue weighted by Gasteiger charge is 2.37. The molecule has 62 heavy (non-hydrogen) atoms. The van der Waals surface area contributed by atoms with Gasteiger partial charge >= 0.3 is 30.0 Å². The molecule has 336 valence electrons. The van der Waals surface area contributed by atoms with E-state index in [0.29, 0.717) is 75.0 Å². The number of amides is 4. The fourth-order valence-corrected chi connectivity index (χ4v) is 9.63. The molecule has 2 atom stereocenters. The van der Waals surface area contributed by atoms with E-state index in [4.69, 9.17) is 23.4 Å². The summed E-state index contributed by atoms with van der Waals surface area (Å²) in [6, 6.07) is 11.3. The fourth-order valence-electron chi connectivity index (χ4n) is 9.63. The second-order valence-corrected chi connectivity index (χ2v) is 17.0. The Morgan fingerprint density at radius 1 is 0.855 bits per heavy atom. The molecule has 0 saturated carbocycles. The average Bonchev–Trinajstić information content (AvgIpc) is 3.44. The first-order valence-electron chi connectivity index (χ1n) is 22.1. The highest BCUT2D eigenvalue weighted by Crippen LogP contribution is 2.33. The second kappa shape index (κ2) is 20.1. The lowest BCUT2D eigenvalue weighted by atomic mass is 9.78. The van der Waals surface area contributed by atoms with Crippen LogP contribution in [0.1, 0.15) is 75.5 Å². The minimum absolute atomic E-state index is 0.0343. The van der Waals surface area contributed by atoms with Gasteiger partial charge in [-0.25, -0.2) is 19.2 Å². The van der Waals surface area contributed by atoms with Crippen molar-refractivity contribution in [1.82, 2.24) is 24.2 Å². The van der Waals surface area contributed by atoms with Gasteiger partial charge in [0.15, 0.2) is 11.7 Å². The number of nitrogens with zero attached hydrogens (tertiary/aromatic N) is 5. The second-order valence-electron chi connectivity index (χ2n) is 17.0. The van der Waals surface area contributed by atoms with Crippen molar-refractivity contribution < 1.29 is 47.3 Å². The number of benzene rings is 2. The largest absolute Gasteiger partial charge is 0.511 e. The Morgan fingerprint density at radius 3 is 2.24 bits per heavy atom. The number of anilines is 1. The number of urea groups is 1. The third kappa shape index (κ3) is 10.7. The van der Waals surface area contributed by atoms with E-state index in [1.165, 1.54) is 11.5 Å². The van der Waals surface area contributed by atoms with Gasteiger partial charge in [-0.15, -0.1) is 0 Å². The van der Waals surface area contributed by atoms with Crippen LogP contribution in [-0.2, 0) is 48.4 Å². The number of carbonyl (C=O) groups excluding carboxylic acids is 5. The van der Waals surface area contributed by atoms with Crippen LogP contribution in [0.5, 0.6) is 0 Å². The number of hydrogen-bond acceptors (Lipinski definition) is 12. The maximum atomic E-state index is 14.4. The highest BCUT2D eigenvalue weighted by atomic mass is 16.8. The zero-order valence-corrected chi connectivity index (χ0v) is 36.3. The number of aromatic nitrogens is 1. The lowest BCUT2D eigenvalue weighted by Gasteiger charge is -2.41. The molecule has 3 saturated heterocycles. The van der Waals surface area contributed by atoms with Crippen LogP contribution < -0.4 is 11.1 Å². The number of esters is 1. The van der Waals surface area contributed by atoms with E-state index in [2.05, 4.69) is 10.2 Å². The van der Waals surface area contributed by atoms with Crippen molar-refractivity contribution in [3.8, 4) is 0 Å². The van der Waals surface area contributed by atoms with E-state index in [1.807, 2.05) is 47.1 Å². The number of oxazole rings is 1. The molecule has 3 fully saturated rings. The van der Waals surface area contributed by atoms with Crippen molar-refractivity contribution in [3.05, 3.63) is 63.6 Å². The van der Waals surface area contributed by atoms with Crippen LogP contribution in [0.2, 0.25) is 0 Å². The summed E-state index contributed by atoms with van der Waals surface area (Å²) in [6.07, 6.45) is 2.33. The van der Waals surface area contributed by atoms with Crippen molar-refractivity contribution in [3.63, 3.8) is 0 Å². The smallest absolute Gasteiger partial charge is 0.436 e. The van der Waals surface area contributed by atoms with Gasteiger partial charge in [-0.3, -0.25) is 14.2 Å². The molecule has 4 aliphatic heterocycles. The first-order chi connectivity index (χ1) is 29.9. The van der Waals surface area contributed by atoms with Crippen molar-refractivity contribution in [2.24, 2.45) is 18.9 Å². The summed E-state index contributed by atoms with van der Waals surface area (Å²) < 4.78 is 27.9. The first kappa shape index (κ1) is 44.5. The summed E-state index contributed by atoms with van der Waals surface area (Å²) in [5, 5.41) is 3.04. The molecule has 0 spiro atoms. The Morgan fingerprint density at radius 2 is 1.53 bits per heavy atom. The monoisotopic (exact) mass is 860 g/mol. The summed E-state index contributed by atoms with van der Waals surface area (Å²) in [5.74, 6) is -0.226. The zero-order chi connectivity index (χ0) is 43.9. The first-order valence-corrected chi connectivity index (χ1v) is 22.1. The third-order valence-electron chi connectivity index (χ3n) is 13.0. The lowest BCUT2D eigenvalue weighted by molar-refractivity contribution is -0.168. The quantitative estimate of drug-likeness (QED) is 0.139. The van der Waals surface area contributed by atoms with Crippen molar-refractivity contribution >= 4 is 46.9 Å². The number of nitrogens with one attached hydrogen (secondary N) is 1. The molecule has 4 amide bonds. The molecule has 17 nitrogen and oxygen atoms in total. The minimum atomic E-state index is -1.09. The standard InChI is InChI=1S/C45H60N6O11/c1-5-58-45(57)60-30(3)59-39(52)17-20-48-18-10-32(11-19-48)33-12-21-49(22-13-33)41(53)38(28-31-26-29(2)40-37(27-31)61-43(55)47(40)4)62-44(56)50-23-15-35(16-24-50)51-25-14-34-8-6-7-9-36(34)46-42(51)54/h6-9,26-27,30,32-33,35,38H,5,10-25,28H2,1-4H3,(H,46,54)/t30?,38-/m1/s1. The van der Waals surface area contributed by atoms with Crippen LogP contribution in [0, 0.1) is 18.8 Å². The number of para-hydroxylation sites is 1. The summed E-state index contributed by atoms with van der Waals surface area (Å²) in [6.45, 7) is 9.91. The summed E-state index contributed by atoms with van der Waals surface area (Å²) in [4.78, 5) is 85.2. The highest BCUT2D eigenvalue weighted by molar-refractivity contribution is 5.91. The van der Waals surface area contributed by atoms with Gasteiger partial charge in [0.2, 0.25) is 6.29 Å². The molecule has 0 radical (unpaired) electrons. The van der Waals surface area contributed by atoms with Gasteiger partial charge in [0, 0.05) is 71.4 Å². The van der Waals surface area contributed by atoms with Gasteiger partial charge in [-0.2, -0.15) is 0 Å². The molecular weight excluding hydrogens is 801 g/mol. The number of hydrogen-bond donors (Lipinski definition) is 1. The fraction of sp³-hybridized carbons (Fsp3) is 0.600. The van der Waals surface area contributed by atoms with E-state index in [1.54, 1.807) is 24.9 Å². The van der Waals surface area contributed by atoms with Crippen LogP contribution in [-0.4, -0.2) is 132 Å². The maximum absolute atomic E-state index is 14.4. The van der Waals surface area contributed by atoms with Crippen molar-refractivity contribution in [2.75, 3.05) is 64.3 Å². The van der Waals surface area contributed by atoms with E-state index in [0.717, 1.165) is 67.6 Å². The zero-order valence-electron chi connectivity index (χ0n) is 36.3. The summed E-state index contributed by atoms with van der Waals surface area (Å²) >= 11 is 0. The third-order valence-corrected chi connectivity index (χ3v) is 13.0.